The van der Waals surface area contributed by atoms with Crippen molar-refractivity contribution in [3.8, 4) is 5.88 Å². The Labute approximate surface area is 126 Å². The van der Waals surface area contributed by atoms with Crippen molar-refractivity contribution in [3.63, 3.8) is 0 Å². The first-order valence-electron chi connectivity index (χ1n) is 6.18. The number of hydrogen-bond donors (Lipinski definition) is 1. The summed E-state index contributed by atoms with van der Waals surface area (Å²) in [5.41, 5.74) is 0.211. The van der Waals surface area contributed by atoms with Gasteiger partial charge < -0.3 is 20.2 Å². The van der Waals surface area contributed by atoms with Crippen molar-refractivity contribution in [3.05, 3.63) is 28.4 Å². The van der Waals surface area contributed by atoms with E-state index >= 15 is 0 Å². The molecule has 0 aliphatic carbocycles. The summed E-state index contributed by atoms with van der Waals surface area (Å²) in [4.78, 5) is 24.6. The van der Waals surface area contributed by atoms with E-state index in [1.165, 1.54) is 19.1 Å². The van der Waals surface area contributed by atoms with Gasteiger partial charge >= 0.3 is 17.9 Å². The lowest BCUT2D eigenvalue weighted by Gasteiger charge is -2.15. The Kier molecular flexibility index (Phi) is 4.33. The van der Waals surface area contributed by atoms with E-state index in [1.54, 1.807) is 5.32 Å². The maximum atomic E-state index is 12.1. The van der Waals surface area contributed by atoms with Crippen LogP contribution in [0, 0.1) is 10.1 Å². The number of aromatic nitrogens is 3. The number of fused-ring (bicyclic) bond motifs is 1. The highest BCUT2D eigenvalue weighted by Gasteiger charge is 2.39. The van der Waals surface area contributed by atoms with E-state index < -0.39 is 23.0 Å². The third-order valence-corrected chi connectivity index (χ3v) is 2.62. The molecule has 0 unspecified atom stereocenters. The Morgan fingerprint density at radius 2 is 2.22 bits per heavy atom. The smallest absolute Gasteiger partial charge is 0.471 e. The molecule has 2 rings (SSSR count). The molecular formula is C11H10F3N5O4. The van der Waals surface area contributed by atoms with Crippen LogP contribution in [-0.4, -0.2) is 44.3 Å². The van der Waals surface area contributed by atoms with Crippen molar-refractivity contribution in [2.24, 2.45) is 0 Å². The van der Waals surface area contributed by atoms with Gasteiger partial charge in [-0.15, -0.1) is 0 Å². The number of rotatable bonds is 5. The fourth-order valence-electron chi connectivity index (χ4n) is 1.60. The Bertz CT molecular complexity index is 745. The lowest BCUT2D eigenvalue weighted by Crippen LogP contribution is -2.44. The van der Waals surface area contributed by atoms with Gasteiger partial charge in [-0.2, -0.15) is 13.2 Å². The summed E-state index contributed by atoms with van der Waals surface area (Å²) in [6.07, 6.45) is -3.97. The molecule has 0 radical (unpaired) electrons. The van der Waals surface area contributed by atoms with Gasteiger partial charge in [-0.25, -0.2) is 4.98 Å². The van der Waals surface area contributed by atoms with Gasteiger partial charge in [-0.1, -0.05) is 4.52 Å². The van der Waals surface area contributed by atoms with Crippen LogP contribution in [0.5, 0.6) is 5.88 Å². The van der Waals surface area contributed by atoms with Crippen molar-refractivity contribution in [1.29, 1.82) is 0 Å². The van der Waals surface area contributed by atoms with Crippen molar-refractivity contribution in [2.45, 2.75) is 19.1 Å². The molecule has 0 aliphatic heterocycles. The second-order valence-electron chi connectivity index (χ2n) is 4.50. The minimum atomic E-state index is -4.98. The van der Waals surface area contributed by atoms with Gasteiger partial charge in [0.25, 0.3) is 5.88 Å². The zero-order valence-corrected chi connectivity index (χ0v) is 11.6. The van der Waals surface area contributed by atoms with Crippen LogP contribution in [0.15, 0.2) is 18.3 Å². The maximum Gasteiger partial charge on any atom is 0.471 e. The molecule has 0 aliphatic rings. The summed E-state index contributed by atoms with van der Waals surface area (Å²) in [6.45, 7) is 1.00. The van der Waals surface area contributed by atoms with E-state index in [0.717, 1.165) is 10.7 Å². The summed E-state index contributed by atoms with van der Waals surface area (Å²) >= 11 is 0. The predicted molar refractivity (Wildman–Crippen MR) is 68.8 cm³/mol. The van der Waals surface area contributed by atoms with Crippen molar-refractivity contribution < 1.29 is 27.6 Å². The lowest BCUT2D eigenvalue weighted by atomic mass is 10.3. The first-order valence-corrected chi connectivity index (χ1v) is 6.18. The topological polar surface area (TPSA) is 112 Å². The molecule has 0 saturated heterocycles. The van der Waals surface area contributed by atoms with Gasteiger partial charge in [-0.05, 0) is 16.9 Å². The number of hydrogen-bond acceptors (Lipinski definition) is 6. The Hall–Kier alpha value is -2.92. The third kappa shape index (κ3) is 3.84. The number of ether oxygens (including phenoxy) is 1. The van der Waals surface area contributed by atoms with Gasteiger partial charge in [0.1, 0.15) is 12.8 Å². The molecule has 1 atom stereocenters. The maximum absolute atomic E-state index is 12.1. The van der Waals surface area contributed by atoms with Crippen LogP contribution in [0.3, 0.4) is 0 Å². The van der Waals surface area contributed by atoms with Gasteiger partial charge in [0.2, 0.25) is 5.65 Å². The van der Waals surface area contributed by atoms with E-state index in [4.69, 9.17) is 4.74 Å². The fourth-order valence-corrected chi connectivity index (χ4v) is 1.60. The first kappa shape index (κ1) is 16.5. The second-order valence-corrected chi connectivity index (χ2v) is 4.50. The molecule has 1 amide bonds. The van der Waals surface area contributed by atoms with Gasteiger partial charge in [-0.3, -0.25) is 4.79 Å². The van der Waals surface area contributed by atoms with Crippen LogP contribution in [0.1, 0.15) is 6.92 Å². The van der Waals surface area contributed by atoms with Gasteiger partial charge in [0.15, 0.2) is 0 Å². The highest BCUT2D eigenvalue weighted by Crippen LogP contribution is 2.16. The van der Waals surface area contributed by atoms with Crippen LogP contribution in [-0.2, 0) is 4.79 Å². The highest BCUT2D eigenvalue weighted by molar-refractivity contribution is 5.81. The van der Waals surface area contributed by atoms with Crippen LogP contribution in [0.4, 0.5) is 19.0 Å². The molecule has 2 heterocycles. The average molecular weight is 333 g/mol. The number of alkyl halides is 3. The van der Waals surface area contributed by atoms with E-state index in [1.807, 2.05) is 0 Å². The monoisotopic (exact) mass is 333 g/mol. The number of amides is 1. The number of nitrogens with one attached hydrogen (secondary N) is 1. The summed E-state index contributed by atoms with van der Waals surface area (Å²) < 4.78 is 42.3. The van der Waals surface area contributed by atoms with E-state index in [2.05, 4.69) is 10.1 Å². The van der Waals surface area contributed by atoms with E-state index in [0.29, 0.717) is 0 Å². The molecule has 2 aromatic rings. The molecule has 23 heavy (non-hydrogen) atoms. The molecule has 1 N–H and O–H groups in total. The molecule has 2 aromatic heterocycles. The Balaban J connectivity index is 2.03. The zero-order chi connectivity index (χ0) is 17.2. The third-order valence-electron chi connectivity index (χ3n) is 2.62. The minimum Gasteiger partial charge on any atom is -0.473 e. The Morgan fingerprint density at radius 3 is 2.83 bits per heavy atom. The molecule has 0 aromatic carbocycles. The molecule has 0 spiro atoms. The molecule has 0 saturated carbocycles. The molecular weight excluding hydrogens is 323 g/mol. The fraction of sp³-hybridized carbons (Fsp3) is 0.364. The largest absolute Gasteiger partial charge is 0.473 e. The number of carbonyl (C=O) groups is 1. The molecule has 124 valence electrons. The number of nitro groups is 1. The van der Waals surface area contributed by atoms with Gasteiger partial charge in [0, 0.05) is 12.1 Å². The summed E-state index contributed by atoms with van der Waals surface area (Å²) in [5.74, 6) is -2.53. The summed E-state index contributed by atoms with van der Waals surface area (Å²) in [7, 11) is 0. The predicted octanol–water partition coefficient (Wildman–Crippen LogP) is 1.08. The molecule has 0 fully saturated rings. The van der Waals surface area contributed by atoms with Crippen LogP contribution < -0.4 is 10.1 Å². The average Bonchev–Trinajstić information content (AvgIpc) is 2.87. The normalized spacial score (nSPS) is 12.9. The highest BCUT2D eigenvalue weighted by atomic mass is 19.4. The van der Waals surface area contributed by atoms with Crippen molar-refractivity contribution in [1.82, 2.24) is 19.9 Å². The molecule has 12 heteroatoms. The van der Waals surface area contributed by atoms with E-state index in [-0.39, 0.29) is 24.0 Å². The molecule has 0 bridgehead atoms. The molecule has 9 nitrogen and oxygen atoms in total. The Morgan fingerprint density at radius 1 is 1.52 bits per heavy atom. The zero-order valence-electron chi connectivity index (χ0n) is 11.6. The van der Waals surface area contributed by atoms with Crippen LogP contribution in [0.2, 0.25) is 0 Å². The minimum absolute atomic E-state index is 0.0632. The number of imidazole rings is 1. The number of nitrogens with zero attached hydrogens (tertiary/aromatic N) is 4. The lowest BCUT2D eigenvalue weighted by molar-refractivity contribution is -0.391. The number of carbonyl (C=O) groups excluding carboxylic acids is 1. The first-order chi connectivity index (χ1) is 10.7. The SMILES string of the molecule is C[C@@H](COc1ccc2ncc([N+](=O)[O-])n2n1)NC(=O)C(F)(F)F. The van der Waals surface area contributed by atoms with Crippen LogP contribution in [0.25, 0.3) is 5.65 Å². The van der Waals surface area contributed by atoms with Crippen LogP contribution >= 0.6 is 0 Å². The quantitative estimate of drug-likeness (QED) is 0.647. The standard InChI is InChI=1S/C11H10F3N5O4/c1-6(16-10(20)11(12,13)14)5-23-8-3-2-7-15-4-9(19(21)22)18(7)17-8/h2-4,6H,5H2,1H3,(H,16,20)/t6-/m0/s1. The van der Waals surface area contributed by atoms with E-state index in [9.17, 15) is 28.1 Å². The van der Waals surface area contributed by atoms with Crippen molar-refractivity contribution >= 4 is 17.4 Å². The van der Waals surface area contributed by atoms with Gasteiger partial charge in [0.05, 0.1) is 6.04 Å². The van der Waals surface area contributed by atoms with Crippen molar-refractivity contribution in [2.75, 3.05) is 6.61 Å². The summed E-state index contributed by atoms with van der Waals surface area (Å²) in [6, 6.07) is 1.80. The second kappa shape index (κ2) is 6.06. The summed E-state index contributed by atoms with van der Waals surface area (Å²) in [5, 5.41) is 16.3. The number of halogens is 3.